The van der Waals surface area contributed by atoms with Crippen LogP contribution in [0.5, 0.6) is 0 Å². The van der Waals surface area contributed by atoms with E-state index in [4.69, 9.17) is 4.74 Å². The maximum Gasteiger partial charge on any atom is 0.449 e. The van der Waals surface area contributed by atoms with E-state index in [0.29, 0.717) is 17.2 Å². The number of rotatable bonds is 3. The van der Waals surface area contributed by atoms with Gasteiger partial charge in [0.15, 0.2) is 5.52 Å². The summed E-state index contributed by atoms with van der Waals surface area (Å²) >= 11 is 0. The lowest BCUT2D eigenvalue weighted by molar-refractivity contribution is -0.147. The smallest absolute Gasteiger partial charge is 0.363 e. The minimum absolute atomic E-state index is 0.00153. The van der Waals surface area contributed by atoms with Crippen LogP contribution in [0.25, 0.3) is 22.3 Å². The van der Waals surface area contributed by atoms with Gasteiger partial charge in [-0.05, 0) is 25.0 Å². The summed E-state index contributed by atoms with van der Waals surface area (Å²) in [7, 11) is 2.70. The molecule has 6 rings (SSSR count). The molecule has 14 heteroatoms. The Balaban J connectivity index is 1.56. The van der Waals surface area contributed by atoms with Gasteiger partial charge in [-0.25, -0.2) is 23.7 Å². The van der Waals surface area contributed by atoms with Gasteiger partial charge in [-0.1, -0.05) is 0 Å². The number of halogens is 5. The fourth-order valence-electron chi connectivity index (χ4n) is 4.73. The molecule has 1 spiro atoms. The van der Waals surface area contributed by atoms with Crippen LogP contribution in [-0.4, -0.2) is 48.0 Å². The lowest BCUT2D eigenvalue weighted by Gasteiger charge is -2.38. The molecule has 38 heavy (non-hydrogen) atoms. The van der Waals surface area contributed by atoms with Crippen molar-refractivity contribution in [2.45, 2.75) is 30.7 Å². The number of aryl methyl sites for hydroxylation is 1. The topological polar surface area (TPSA) is 91.0 Å². The summed E-state index contributed by atoms with van der Waals surface area (Å²) in [6.45, 7) is 0.605. The zero-order valence-electron chi connectivity index (χ0n) is 20.1. The van der Waals surface area contributed by atoms with Gasteiger partial charge >= 0.3 is 6.18 Å². The number of ether oxygens (including phenoxy) is 1. The van der Waals surface area contributed by atoms with E-state index >= 15 is 0 Å². The summed E-state index contributed by atoms with van der Waals surface area (Å²) in [4.78, 5) is 27.2. The second-order valence-electron chi connectivity index (χ2n) is 9.61. The molecule has 1 aromatic carbocycles. The monoisotopic (exact) mass is 533 g/mol. The molecular formula is C24H20F5N7O2. The molecule has 2 fully saturated rings. The average Bonchev–Trinajstić information content (AvgIpc) is 3.43. The number of nitrogens with zero attached hydrogens (tertiary/aromatic N) is 7. The molecule has 0 bridgehead atoms. The number of hydrogen-bond donors (Lipinski definition) is 0. The number of alkyl halides is 3. The van der Waals surface area contributed by atoms with E-state index in [2.05, 4.69) is 20.1 Å². The minimum Gasteiger partial charge on any atom is -0.363 e. The molecule has 0 radical (unpaired) electrons. The third-order valence-corrected chi connectivity index (χ3v) is 6.80. The van der Waals surface area contributed by atoms with Gasteiger partial charge in [0.05, 0.1) is 24.9 Å². The Kier molecular flexibility index (Phi) is 5.32. The third-order valence-electron chi connectivity index (χ3n) is 6.80. The number of morpholine rings is 1. The van der Waals surface area contributed by atoms with E-state index in [-0.39, 0.29) is 23.8 Å². The highest BCUT2D eigenvalue weighted by atomic mass is 19.4. The summed E-state index contributed by atoms with van der Waals surface area (Å²) in [6, 6.07) is 2.58. The molecule has 198 valence electrons. The highest BCUT2D eigenvalue weighted by Gasteiger charge is 2.51. The molecular weight excluding hydrogens is 513 g/mol. The fraction of sp³-hybridized carbons (Fsp3) is 0.375. The largest absolute Gasteiger partial charge is 0.449 e. The number of benzene rings is 1. The lowest BCUT2D eigenvalue weighted by Crippen LogP contribution is -2.46. The van der Waals surface area contributed by atoms with Crippen molar-refractivity contribution >= 4 is 17.0 Å². The van der Waals surface area contributed by atoms with Crippen molar-refractivity contribution in [3.8, 4) is 11.3 Å². The van der Waals surface area contributed by atoms with Crippen LogP contribution in [0, 0.1) is 11.6 Å². The molecule has 4 aromatic rings. The Hall–Kier alpha value is -3.94. The van der Waals surface area contributed by atoms with Crippen LogP contribution in [0.4, 0.5) is 27.9 Å². The first-order chi connectivity index (χ1) is 17.9. The van der Waals surface area contributed by atoms with Crippen molar-refractivity contribution in [2.75, 3.05) is 18.0 Å². The molecule has 0 unspecified atom stereocenters. The zero-order valence-corrected chi connectivity index (χ0v) is 20.1. The number of aromatic nitrogens is 6. The summed E-state index contributed by atoms with van der Waals surface area (Å²) in [5.74, 6) is -3.44. The van der Waals surface area contributed by atoms with Gasteiger partial charge in [-0.2, -0.15) is 18.3 Å². The highest BCUT2D eigenvalue weighted by Crippen LogP contribution is 2.47. The van der Waals surface area contributed by atoms with Crippen LogP contribution in [-0.2, 0) is 25.0 Å². The van der Waals surface area contributed by atoms with E-state index in [9.17, 15) is 26.7 Å². The minimum atomic E-state index is -4.97. The molecule has 0 amide bonds. The van der Waals surface area contributed by atoms with Crippen LogP contribution < -0.4 is 10.5 Å². The van der Waals surface area contributed by atoms with Crippen LogP contribution in [0.15, 0.2) is 35.4 Å². The maximum atomic E-state index is 14.9. The van der Waals surface area contributed by atoms with E-state index in [1.165, 1.54) is 0 Å². The molecule has 1 atom stereocenters. The summed E-state index contributed by atoms with van der Waals surface area (Å²) in [5.41, 5.74) is -2.37. The SMILES string of the molecule is Cn1cc([C@@H]2CN(c3nc(-c4ccc(F)cc4F)c4nc(C(F)(F)F)n(C)c(=O)c4n3)CC3(CC3)O2)cn1. The van der Waals surface area contributed by atoms with Gasteiger partial charge in [0.25, 0.3) is 5.56 Å². The lowest BCUT2D eigenvalue weighted by atomic mass is 10.1. The molecule has 1 aliphatic heterocycles. The van der Waals surface area contributed by atoms with Gasteiger partial charge in [0.1, 0.15) is 28.9 Å². The zero-order chi connectivity index (χ0) is 27.0. The first-order valence-corrected chi connectivity index (χ1v) is 11.7. The molecule has 3 aromatic heterocycles. The van der Waals surface area contributed by atoms with E-state index in [1.807, 2.05) is 6.20 Å². The summed E-state index contributed by atoms with van der Waals surface area (Å²) < 4.78 is 77.9. The molecule has 0 N–H and O–H groups in total. The number of hydrogen-bond acceptors (Lipinski definition) is 7. The molecule has 4 heterocycles. The predicted molar refractivity (Wildman–Crippen MR) is 124 cm³/mol. The normalized spacial score (nSPS) is 18.9. The quantitative estimate of drug-likeness (QED) is 0.372. The van der Waals surface area contributed by atoms with Crippen molar-refractivity contribution in [3.63, 3.8) is 0 Å². The molecule has 1 saturated carbocycles. The Morgan fingerprint density at radius 2 is 1.84 bits per heavy atom. The van der Waals surface area contributed by atoms with Crippen LogP contribution in [0.1, 0.15) is 30.3 Å². The Morgan fingerprint density at radius 1 is 1.08 bits per heavy atom. The standard InChI is InChI=1S/C24H20F5N7O2/c1-34-9-12(8-30-34)16-10-36(11-23(38-16)5-6-23)22-32-17(14-4-3-13(25)7-15(14)26)18-19(33-22)20(37)35(2)21(31-18)24(27,28)29/h3-4,7-9,16H,5-6,10-11H2,1-2H3/t16-/m0/s1. The maximum absolute atomic E-state index is 14.9. The average molecular weight is 533 g/mol. The van der Waals surface area contributed by atoms with Crippen molar-refractivity contribution in [1.29, 1.82) is 0 Å². The van der Waals surface area contributed by atoms with Crippen molar-refractivity contribution < 1.29 is 26.7 Å². The van der Waals surface area contributed by atoms with Crippen LogP contribution in [0.2, 0.25) is 0 Å². The summed E-state index contributed by atoms with van der Waals surface area (Å²) in [6.07, 6.45) is -0.374. The first-order valence-electron chi connectivity index (χ1n) is 11.7. The molecule has 1 aliphatic carbocycles. The Morgan fingerprint density at radius 3 is 2.47 bits per heavy atom. The Labute approximate surface area is 211 Å². The fourth-order valence-corrected chi connectivity index (χ4v) is 4.73. The summed E-state index contributed by atoms with van der Waals surface area (Å²) in [5, 5.41) is 4.19. The van der Waals surface area contributed by atoms with Crippen molar-refractivity contribution in [1.82, 2.24) is 29.3 Å². The second kappa shape index (κ2) is 8.28. The van der Waals surface area contributed by atoms with E-state index in [1.54, 1.807) is 22.8 Å². The van der Waals surface area contributed by atoms with Crippen LogP contribution in [0.3, 0.4) is 0 Å². The number of anilines is 1. The van der Waals surface area contributed by atoms with Crippen LogP contribution >= 0.6 is 0 Å². The molecule has 2 aliphatic rings. The van der Waals surface area contributed by atoms with Gasteiger partial charge in [0.2, 0.25) is 11.8 Å². The third kappa shape index (κ3) is 4.08. The predicted octanol–water partition coefficient (Wildman–Crippen LogP) is 3.53. The van der Waals surface area contributed by atoms with E-state index < -0.39 is 51.9 Å². The van der Waals surface area contributed by atoms with E-state index in [0.717, 1.165) is 37.6 Å². The van der Waals surface area contributed by atoms with Gasteiger partial charge in [-0.15, -0.1) is 0 Å². The highest BCUT2D eigenvalue weighted by molar-refractivity contribution is 5.89. The molecule has 9 nitrogen and oxygen atoms in total. The second-order valence-corrected chi connectivity index (χ2v) is 9.61. The van der Waals surface area contributed by atoms with Gasteiger partial charge < -0.3 is 9.64 Å². The van der Waals surface area contributed by atoms with Crippen molar-refractivity contribution in [3.05, 3.63) is 64.0 Å². The first kappa shape index (κ1) is 24.4. The van der Waals surface area contributed by atoms with Crippen molar-refractivity contribution in [2.24, 2.45) is 14.1 Å². The number of fused-ring (bicyclic) bond motifs is 1. The van der Waals surface area contributed by atoms with Gasteiger partial charge in [0, 0.05) is 37.5 Å². The Bertz CT molecular complexity index is 1640. The molecule has 1 saturated heterocycles. The van der Waals surface area contributed by atoms with Gasteiger partial charge in [-0.3, -0.25) is 14.0 Å².